The van der Waals surface area contributed by atoms with Gasteiger partial charge >= 0.3 is 0 Å². The predicted octanol–water partition coefficient (Wildman–Crippen LogP) is 3.88. The number of aryl methyl sites for hydroxylation is 2. The van der Waals surface area contributed by atoms with Gasteiger partial charge < -0.3 is 15.0 Å². The zero-order valence-electron chi connectivity index (χ0n) is 17.4. The van der Waals surface area contributed by atoms with E-state index >= 15 is 0 Å². The van der Waals surface area contributed by atoms with Gasteiger partial charge in [-0.25, -0.2) is 4.99 Å². The number of aliphatic imine (C=N–C) groups is 1. The van der Waals surface area contributed by atoms with Crippen molar-refractivity contribution in [1.82, 2.24) is 10.2 Å². The molecule has 0 spiro atoms. The van der Waals surface area contributed by atoms with E-state index in [4.69, 9.17) is 4.74 Å². The fourth-order valence-electron chi connectivity index (χ4n) is 3.29. The summed E-state index contributed by atoms with van der Waals surface area (Å²) < 4.78 is 5.60. The van der Waals surface area contributed by atoms with Crippen molar-refractivity contribution in [3.8, 4) is 0 Å². The summed E-state index contributed by atoms with van der Waals surface area (Å²) in [7, 11) is 0. The van der Waals surface area contributed by atoms with Gasteiger partial charge in [0.05, 0.1) is 0 Å². The summed E-state index contributed by atoms with van der Waals surface area (Å²) in [6, 6.07) is 5.97. The van der Waals surface area contributed by atoms with Gasteiger partial charge in [0.2, 0.25) is 5.90 Å². The van der Waals surface area contributed by atoms with Crippen LogP contribution >= 0.6 is 0 Å². The highest BCUT2D eigenvalue weighted by molar-refractivity contribution is 5.94. The maximum absolute atomic E-state index is 12.7. The molecule has 1 aromatic carbocycles. The number of carbonyl (C=O) groups is 1. The Morgan fingerprint density at radius 3 is 2.71 bits per heavy atom. The third-order valence-corrected chi connectivity index (χ3v) is 5.15. The third kappa shape index (κ3) is 6.64. The average Bonchev–Trinajstić information content (AvgIpc) is 2.70. The number of amides is 1. The maximum atomic E-state index is 12.7. The zero-order chi connectivity index (χ0) is 20.4. The predicted molar refractivity (Wildman–Crippen MR) is 116 cm³/mol. The summed E-state index contributed by atoms with van der Waals surface area (Å²) in [5.41, 5.74) is 3.19. The van der Waals surface area contributed by atoms with Gasteiger partial charge in [-0.1, -0.05) is 18.7 Å². The van der Waals surface area contributed by atoms with Crippen LogP contribution < -0.4 is 5.32 Å². The Bertz CT molecular complexity index is 717. The van der Waals surface area contributed by atoms with Gasteiger partial charge in [0.15, 0.2) is 0 Å². The first-order chi connectivity index (χ1) is 13.5. The van der Waals surface area contributed by atoms with Crippen molar-refractivity contribution in [2.75, 3.05) is 32.8 Å². The van der Waals surface area contributed by atoms with Crippen LogP contribution in [0.5, 0.6) is 0 Å². The number of piperidine rings is 1. The number of rotatable bonds is 8. The summed E-state index contributed by atoms with van der Waals surface area (Å²) in [5.74, 6) is 1.33. The second-order valence-electron chi connectivity index (χ2n) is 7.24. The average molecular weight is 384 g/mol. The summed E-state index contributed by atoms with van der Waals surface area (Å²) in [4.78, 5) is 18.8. The molecule has 28 heavy (non-hydrogen) atoms. The quantitative estimate of drug-likeness (QED) is 0.421. The lowest BCUT2D eigenvalue weighted by molar-refractivity contribution is 0.0689. The molecule has 0 atom stereocenters. The number of hydrogen-bond donors (Lipinski definition) is 1. The number of nitrogens with zero attached hydrogens (tertiary/aromatic N) is 2. The topological polar surface area (TPSA) is 53.9 Å². The van der Waals surface area contributed by atoms with Crippen molar-refractivity contribution in [2.45, 2.75) is 33.6 Å². The zero-order valence-corrected chi connectivity index (χ0v) is 17.4. The van der Waals surface area contributed by atoms with E-state index in [2.05, 4.69) is 30.7 Å². The van der Waals surface area contributed by atoms with Gasteiger partial charge in [-0.3, -0.25) is 4.79 Å². The summed E-state index contributed by atoms with van der Waals surface area (Å²) in [6.45, 7) is 13.6. The highest BCUT2D eigenvalue weighted by Gasteiger charge is 2.23. The number of nitrogens with one attached hydrogen (secondary N) is 1. The van der Waals surface area contributed by atoms with Gasteiger partial charge in [-0.2, -0.15) is 0 Å². The lowest BCUT2D eigenvalue weighted by atomic mass is 9.96. The van der Waals surface area contributed by atoms with E-state index in [0.29, 0.717) is 18.4 Å². The molecule has 2 rings (SSSR count). The lowest BCUT2D eigenvalue weighted by Gasteiger charge is -2.32. The molecule has 0 saturated carbocycles. The molecule has 1 aliphatic heterocycles. The van der Waals surface area contributed by atoms with E-state index < -0.39 is 0 Å². The monoisotopic (exact) mass is 383 g/mol. The third-order valence-electron chi connectivity index (χ3n) is 5.15. The molecule has 1 fully saturated rings. The van der Waals surface area contributed by atoms with E-state index in [-0.39, 0.29) is 5.91 Å². The fraction of sp³-hybridized carbons (Fsp3) is 0.478. The second-order valence-corrected chi connectivity index (χ2v) is 7.24. The number of hydrogen-bond acceptors (Lipinski definition) is 4. The second kappa shape index (κ2) is 11.4. The van der Waals surface area contributed by atoms with Crippen LogP contribution in [0.3, 0.4) is 0 Å². The van der Waals surface area contributed by atoms with Crippen molar-refractivity contribution in [3.63, 3.8) is 0 Å². The SMILES string of the molecule is C=CN=C(/C=C\C)OCCNCC1CCN(C(=O)c2ccc(C)c(C)c2)CC1. The molecule has 0 unspecified atom stereocenters. The molecule has 152 valence electrons. The molecule has 1 heterocycles. The highest BCUT2D eigenvalue weighted by atomic mass is 16.5. The largest absolute Gasteiger partial charge is 0.476 e. The van der Waals surface area contributed by atoms with E-state index in [0.717, 1.165) is 44.6 Å². The van der Waals surface area contributed by atoms with Crippen LogP contribution in [0.15, 0.2) is 48.1 Å². The van der Waals surface area contributed by atoms with Crippen molar-refractivity contribution < 1.29 is 9.53 Å². The Labute approximate surface area is 169 Å². The minimum absolute atomic E-state index is 0.154. The van der Waals surface area contributed by atoms with Crippen LogP contribution in [-0.4, -0.2) is 49.5 Å². The van der Waals surface area contributed by atoms with Crippen LogP contribution in [0.1, 0.15) is 41.3 Å². The van der Waals surface area contributed by atoms with Crippen LogP contribution in [0.2, 0.25) is 0 Å². The van der Waals surface area contributed by atoms with Crippen LogP contribution in [0.4, 0.5) is 0 Å². The molecule has 5 nitrogen and oxygen atoms in total. The minimum atomic E-state index is 0.154. The van der Waals surface area contributed by atoms with Crippen molar-refractivity contribution in [3.05, 3.63) is 59.8 Å². The first-order valence-electron chi connectivity index (χ1n) is 10.1. The van der Waals surface area contributed by atoms with E-state index in [9.17, 15) is 4.79 Å². The highest BCUT2D eigenvalue weighted by Crippen LogP contribution is 2.19. The number of allylic oxidation sites excluding steroid dienone is 1. The molecule has 1 aliphatic rings. The molecule has 0 radical (unpaired) electrons. The molecule has 5 heteroatoms. The van der Waals surface area contributed by atoms with Gasteiger partial charge in [-0.05, 0) is 75.4 Å². The van der Waals surface area contributed by atoms with Gasteiger partial charge in [0.25, 0.3) is 5.91 Å². The molecule has 1 aromatic rings. The van der Waals surface area contributed by atoms with Gasteiger partial charge in [0.1, 0.15) is 6.61 Å². The number of likely N-dealkylation sites (tertiary alicyclic amines) is 1. The molecule has 1 saturated heterocycles. The number of benzene rings is 1. The summed E-state index contributed by atoms with van der Waals surface area (Å²) >= 11 is 0. The Morgan fingerprint density at radius 1 is 1.32 bits per heavy atom. The molecule has 0 bridgehead atoms. The smallest absolute Gasteiger partial charge is 0.253 e. The number of carbonyl (C=O) groups excluding carboxylic acids is 1. The van der Waals surface area contributed by atoms with Gasteiger partial charge in [0, 0.05) is 31.4 Å². The molecular weight excluding hydrogens is 350 g/mol. The number of ether oxygens (including phenoxy) is 1. The molecule has 1 N–H and O–H groups in total. The molecule has 1 amide bonds. The van der Waals surface area contributed by atoms with Crippen LogP contribution in [-0.2, 0) is 4.74 Å². The van der Waals surface area contributed by atoms with Gasteiger partial charge in [-0.15, -0.1) is 0 Å². The first kappa shape index (κ1) is 21.9. The van der Waals surface area contributed by atoms with E-state index in [1.165, 1.54) is 17.3 Å². The van der Waals surface area contributed by atoms with Crippen molar-refractivity contribution >= 4 is 11.8 Å². The van der Waals surface area contributed by atoms with E-state index in [1.807, 2.05) is 42.2 Å². The Balaban J connectivity index is 1.68. The fourth-order valence-corrected chi connectivity index (χ4v) is 3.29. The molecular formula is C23H33N3O2. The minimum Gasteiger partial charge on any atom is -0.476 e. The summed E-state index contributed by atoms with van der Waals surface area (Å²) in [5, 5.41) is 3.45. The Hall–Kier alpha value is -2.40. The lowest BCUT2D eigenvalue weighted by Crippen LogP contribution is -2.41. The standard InChI is InChI=1S/C23H33N3O2/c1-5-7-22(25-6-2)28-15-12-24-17-20-10-13-26(14-11-20)23(27)21-9-8-18(3)19(4)16-21/h5-9,16,20,24H,2,10-15,17H2,1,3-4H3/b7-5-,25-22?. The van der Waals surface area contributed by atoms with Crippen LogP contribution in [0.25, 0.3) is 0 Å². The van der Waals surface area contributed by atoms with Crippen molar-refractivity contribution in [1.29, 1.82) is 0 Å². The Kier molecular flexibility index (Phi) is 8.95. The molecule has 0 aliphatic carbocycles. The molecule has 0 aromatic heterocycles. The van der Waals surface area contributed by atoms with Crippen molar-refractivity contribution in [2.24, 2.45) is 10.9 Å². The normalized spacial score (nSPS) is 15.8. The summed E-state index contributed by atoms with van der Waals surface area (Å²) in [6.07, 6.45) is 7.26. The Morgan fingerprint density at radius 2 is 2.07 bits per heavy atom. The first-order valence-corrected chi connectivity index (χ1v) is 10.1. The van der Waals surface area contributed by atoms with Crippen LogP contribution in [0, 0.1) is 19.8 Å². The maximum Gasteiger partial charge on any atom is 0.253 e. The van der Waals surface area contributed by atoms with E-state index in [1.54, 1.807) is 0 Å².